The van der Waals surface area contributed by atoms with Crippen LogP contribution < -0.4 is 5.32 Å². The maximum atomic E-state index is 13.8. The minimum absolute atomic E-state index is 0.0553. The topological polar surface area (TPSA) is 96.0 Å². The molecule has 0 saturated carbocycles. The first kappa shape index (κ1) is 23.7. The second-order valence-corrected chi connectivity index (χ2v) is 10.5. The zero-order valence-corrected chi connectivity index (χ0v) is 19.9. The van der Waals surface area contributed by atoms with Crippen molar-refractivity contribution >= 4 is 43.5 Å². The van der Waals surface area contributed by atoms with Crippen LogP contribution in [0.3, 0.4) is 0 Å². The Bertz CT molecular complexity index is 1010. The van der Waals surface area contributed by atoms with Gasteiger partial charge in [-0.05, 0) is 53.4 Å². The van der Waals surface area contributed by atoms with Crippen LogP contribution in [0.25, 0.3) is 0 Å². The van der Waals surface area contributed by atoms with Gasteiger partial charge in [-0.15, -0.1) is 6.42 Å². The highest BCUT2D eigenvalue weighted by molar-refractivity contribution is 9.10. The molecule has 2 amide bonds. The molecule has 2 fully saturated rings. The molecule has 168 valence electrons. The van der Waals surface area contributed by atoms with Crippen molar-refractivity contribution in [1.29, 1.82) is 0 Å². The highest BCUT2D eigenvalue weighted by atomic mass is 79.9. The van der Waals surface area contributed by atoms with E-state index in [9.17, 15) is 18.0 Å². The maximum Gasteiger partial charge on any atom is 0.244 e. The fourth-order valence-electron chi connectivity index (χ4n) is 4.43. The lowest BCUT2D eigenvalue weighted by atomic mass is 9.91. The Balaban J connectivity index is 2.05. The number of benzene rings is 1. The Kier molecular flexibility index (Phi) is 7.42. The second-order valence-electron chi connectivity index (χ2n) is 7.81. The number of hydrogen-bond acceptors (Lipinski definition) is 5. The van der Waals surface area contributed by atoms with E-state index in [4.69, 9.17) is 11.2 Å². The molecule has 0 aliphatic carbocycles. The first-order chi connectivity index (χ1) is 14.7. The Morgan fingerprint density at radius 3 is 2.74 bits per heavy atom. The van der Waals surface area contributed by atoms with Gasteiger partial charge < -0.3 is 15.0 Å². The molecular weight excluding hydrogens is 486 g/mol. The van der Waals surface area contributed by atoms with Crippen LogP contribution in [0, 0.1) is 18.3 Å². The van der Waals surface area contributed by atoms with Crippen LogP contribution in [0.4, 0.5) is 5.69 Å². The lowest BCUT2D eigenvalue weighted by molar-refractivity contribution is -0.134. The number of fused-ring (bicyclic) bond motifs is 2. The summed E-state index contributed by atoms with van der Waals surface area (Å²) >= 11 is 3.33. The van der Waals surface area contributed by atoms with Crippen LogP contribution in [-0.4, -0.2) is 68.3 Å². The molecule has 3 atom stereocenters. The predicted molar refractivity (Wildman–Crippen MR) is 120 cm³/mol. The molecule has 10 heteroatoms. The fourth-order valence-corrected chi connectivity index (χ4v) is 6.98. The first-order valence-corrected chi connectivity index (χ1v) is 12.3. The predicted octanol–water partition coefficient (Wildman–Crippen LogP) is 2.06. The van der Waals surface area contributed by atoms with Gasteiger partial charge in [0.15, 0.2) is 0 Å². The molecule has 2 heterocycles. The van der Waals surface area contributed by atoms with Crippen LogP contribution in [0.1, 0.15) is 26.2 Å². The summed E-state index contributed by atoms with van der Waals surface area (Å²) in [7, 11) is -2.43. The summed E-state index contributed by atoms with van der Waals surface area (Å²) in [6, 6.07) is 3.26. The van der Waals surface area contributed by atoms with Crippen molar-refractivity contribution in [2.75, 3.05) is 32.1 Å². The minimum Gasteiger partial charge on any atom is -0.384 e. The third-order valence-electron chi connectivity index (χ3n) is 5.70. The monoisotopic (exact) mass is 511 g/mol. The van der Waals surface area contributed by atoms with Crippen molar-refractivity contribution in [1.82, 2.24) is 9.21 Å². The number of carbonyl (C=O) groups is 2. The van der Waals surface area contributed by atoms with Gasteiger partial charge in [0.25, 0.3) is 0 Å². The van der Waals surface area contributed by atoms with Crippen molar-refractivity contribution < 1.29 is 22.7 Å². The van der Waals surface area contributed by atoms with Gasteiger partial charge in [0.05, 0.1) is 23.7 Å². The largest absolute Gasteiger partial charge is 0.384 e. The summed E-state index contributed by atoms with van der Waals surface area (Å²) in [6.45, 7) is 2.18. The summed E-state index contributed by atoms with van der Waals surface area (Å²) in [4.78, 5) is 26.2. The summed E-state index contributed by atoms with van der Waals surface area (Å²) in [5.74, 6) is 1.79. The SMILES string of the molecule is C#CCN1C[C@H](COC)[C@@H]2CCCC(C1=O)N2S(=O)(=O)c1ccc(NC(C)=O)c(Br)c1. The van der Waals surface area contributed by atoms with Gasteiger partial charge in [-0.2, -0.15) is 4.31 Å². The van der Waals surface area contributed by atoms with Gasteiger partial charge in [-0.25, -0.2) is 8.42 Å². The van der Waals surface area contributed by atoms with Crippen molar-refractivity contribution in [3.8, 4) is 12.3 Å². The summed E-state index contributed by atoms with van der Waals surface area (Å²) < 4.78 is 34.7. The lowest BCUT2D eigenvalue weighted by Gasteiger charge is -2.40. The molecule has 1 aromatic carbocycles. The molecule has 0 aromatic heterocycles. The van der Waals surface area contributed by atoms with Crippen molar-refractivity contribution in [3.63, 3.8) is 0 Å². The molecule has 2 bridgehead atoms. The van der Waals surface area contributed by atoms with Crippen LogP contribution in [0.2, 0.25) is 0 Å². The lowest BCUT2D eigenvalue weighted by Crippen LogP contribution is -2.55. The number of halogens is 1. The van der Waals surface area contributed by atoms with E-state index in [1.165, 1.54) is 29.4 Å². The number of nitrogens with one attached hydrogen (secondary N) is 1. The molecule has 31 heavy (non-hydrogen) atoms. The molecule has 2 saturated heterocycles. The van der Waals surface area contributed by atoms with Crippen LogP contribution >= 0.6 is 15.9 Å². The molecule has 0 radical (unpaired) electrons. The highest BCUT2D eigenvalue weighted by Crippen LogP contribution is 2.38. The van der Waals surface area contributed by atoms with E-state index in [1.807, 2.05) is 0 Å². The summed E-state index contributed by atoms with van der Waals surface area (Å²) in [6.07, 6.45) is 7.31. The van der Waals surface area contributed by atoms with E-state index in [0.29, 0.717) is 36.2 Å². The van der Waals surface area contributed by atoms with Gasteiger partial charge in [-0.1, -0.05) is 5.92 Å². The van der Waals surface area contributed by atoms with Crippen LogP contribution in [-0.2, 0) is 24.3 Å². The average molecular weight is 512 g/mol. The number of rotatable bonds is 6. The van der Waals surface area contributed by atoms with Gasteiger partial charge >= 0.3 is 0 Å². The number of nitrogens with zero attached hydrogens (tertiary/aromatic N) is 2. The number of ether oxygens (including phenoxy) is 1. The molecular formula is C21H26BrN3O5S. The van der Waals surface area contributed by atoms with E-state index in [1.54, 1.807) is 12.0 Å². The molecule has 2 aliphatic heterocycles. The quantitative estimate of drug-likeness (QED) is 0.589. The number of sulfonamides is 1. The normalized spacial score (nSPS) is 24.4. The number of carbonyl (C=O) groups excluding carboxylic acids is 2. The van der Waals surface area contributed by atoms with E-state index < -0.39 is 16.1 Å². The zero-order chi connectivity index (χ0) is 22.8. The van der Waals surface area contributed by atoms with E-state index in [-0.39, 0.29) is 35.2 Å². The van der Waals surface area contributed by atoms with Crippen molar-refractivity contribution in [3.05, 3.63) is 22.7 Å². The minimum atomic E-state index is -4.00. The van der Waals surface area contributed by atoms with Crippen molar-refractivity contribution in [2.45, 2.75) is 43.2 Å². The molecule has 8 nitrogen and oxygen atoms in total. The third kappa shape index (κ3) is 4.80. The number of terminal acetylenes is 1. The molecule has 1 unspecified atom stereocenters. The number of anilines is 1. The Labute approximate surface area is 191 Å². The summed E-state index contributed by atoms with van der Waals surface area (Å²) in [5, 5.41) is 2.64. The van der Waals surface area contributed by atoms with Crippen LogP contribution in [0.5, 0.6) is 0 Å². The van der Waals surface area contributed by atoms with Gasteiger partial charge in [0, 0.05) is 37.0 Å². The van der Waals surface area contributed by atoms with Gasteiger partial charge in [0.1, 0.15) is 6.04 Å². The van der Waals surface area contributed by atoms with E-state index in [0.717, 1.165) is 6.42 Å². The summed E-state index contributed by atoms with van der Waals surface area (Å²) in [5.41, 5.74) is 0.469. The first-order valence-electron chi connectivity index (χ1n) is 10.0. The second kappa shape index (κ2) is 9.69. The zero-order valence-electron chi connectivity index (χ0n) is 17.5. The van der Waals surface area contributed by atoms with Crippen LogP contribution in [0.15, 0.2) is 27.6 Å². The van der Waals surface area contributed by atoms with E-state index in [2.05, 4.69) is 27.2 Å². The number of hydrogen-bond donors (Lipinski definition) is 1. The standard InChI is InChI=1S/C21H26BrN3O5S/c1-4-10-24-12-15(13-30-3)19-6-5-7-20(21(24)27)25(19)31(28,29)16-8-9-18(17(22)11-16)23-14(2)26/h1,8-9,11,15,19-20H,5-7,10,12-13H2,2-3H3,(H,23,26)/t15-,19+,20?/m1/s1. The number of piperidine rings is 1. The Morgan fingerprint density at radius 2 is 2.13 bits per heavy atom. The Hall–Kier alpha value is -1.93. The maximum absolute atomic E-state index is 13.8. The average Bonchev–Trinajstić information content (AvgIpc) is 2.78. The molecule has 0 spiro atoms. The fraction of sp³-hybridized carbons (Fsp3) is 0.524. The van der Waals surface area contributed by atoms with Gasteiger partial charge in [0.2, 0.25) is 21.8 Å². The van der Waals surface area contributed by atoms with Crippen molar-refractivity contribution in [2.24, 2.45) is 5.92 Å². The van der Waals surface area contributed by atoms with E-state index >= 15 is 0 Å². The smallest absolute Gasteiger partial charge is 0.244 e. The molecule has 1 aromatic rings. The molecule has 3 rings (SSSR count). The molecule has 1 N–H and O–H groups in total. The highest BCUT2D eigenvalue weighted by Gasteiger charge is 2.50. The molecule has 2 aliphatic rings. The van der Waals surface area contributed by atoms with Gasteiger partial charge in [-0.3, -0.25) is 9.59 Å². The Morgan fingerprint density at radius 1 is 1.39 bits per heavy atom. The third-order valence-corrected chi connectivity index (χ3v) is 8.28. The number of amides is 2. The number of methoxy groups -OCH3 is 1.